The standard InChI is InChI=1S/C18H21FO2/c19-14-6-5-12-7-11-3-1-2-4-15(11)17-13(9-20)10-21-18(17)16(12)8-14/h1-6,8,11-13,15-18,20H,7,9-10H2/t11?,12?,13?,15?,16?,17-,18-/m1/s1. The molecule has 7 atom stereocenters. The Kier molecular flexibility index (Phi) is 3.35. The van der Waals surface area contributed by atoms with Crippen LogP contribution in [0.3, 0.4) is 0 Å². The molecule has 1 saturated heterocycles. The van der Waals surface area contributed by atoms with Gasteiger partial charge in [0.05, 0.1) is 12.7 Å². The molecule has 1 aliphatic heterocycles. The van der Waals surface area contributed by atoms with Crippen molar-refractivity contribution in [1.82, 2.24) is 0 Å². The van der Waals surface area contributed by atoms with Crippen LogP contribution in [0.1, 0.15) is 6.42 Å². The van der Waals surface area contributed by atoms with Gasteiger partial charge in [0.25, 0.3) is 0 Å². The molecule has 4 rings (SSSR count). The molecule has 4 aliphatic rings. The lowest BCUT2D eigenvalue weighted by Crippen LogP contribution is -2.35. The van der Waals surface area contributed by atoms with Gasteiger partial charge in [-0.25, -0.2) is 4.39 Å². The van der Waals surface area contributed by atoms with Gasteiger partial charge in [-0.2, -0.15) is 0 Å². The van der Waals surface area contributed by atoms with Crippen LogP contribution < -0.4 is 0 Å². The molecule has 2 fully saturated rings. The molecule has 0 aromatic rings. The Balaban J connectivity index is 1.75. The fraction of sp³-hybridized carbons (Fsp3) is 0.556. The number of rotatable bonds is 1. The van der Waals surface area contributed by atoms with Crippen molar-refractivity contribution < 1.29 is 14.2 Å². The summed E-state index contributed by atoms with van der Waals surface area (Å²) in [6.07, 6.45) is 15.2. The first kappa shape index (κ1) is 13.5. The van der Waals surface area contributed by atoms with E-state index in [0.717, 1.165) is 6.42 Å². The number of allylic oxidation sites excluding steroid dienone is 7. The van der Waals surface area contributed by atoms with Gasteiger partial charge in [0.2, 0.25) is 0 Å². The van der Waals surface area contributed by atoms with E-state index >= 15 is 0 Å². The van der Waals surface area contributed by atoms with Crippen LogP contribution in [0.4, 0.5) is 4.39 Å². The average Bonchev–Trinajstić information content (AvgIpc) is 2.87. The fourth-order valence-corrected chi connectivity index (χ4v) is 4.72. The minimum absolute atomic E-state index is 0.0222. The van der Waals surface area contributed by atoms with Gasteiger partial charge in [0, 0.05) is 18.4 Å². The zero-order valence-electron chi connectivity index (χ0n) is 11.9. The van der Waals surface area contributed by atoms with Crippen molar-refractivity contribution in [3.05, 3.63) is 48.4 Å². The van der Waals surface area contributed by atoms with E-state index in [9.17, 15) is 9.50 Å². The Morgan fingerprint density at radius 3 is 2.81 bits per heavy atom. The Hall–Kier alpha value is -1.19. The number of hydrogen-bond donors (Lipinski definition) is 1. The molecule has 0 amide bonds. The molecule has 3 heteroatoms. The van der Waals surface area contributed by atoms with Crippen LogP contribution in [-0.2, 0) is 4.74 Å². The molecule has 1 heterocycles. The number of fused-ring (bicyclic) bond motifs is 5. The number of halogens is 1. The number of ether oxygens (including phenoxy) is 1. The summed E-state index contributed by atoms with van der Waals surface area (Å²) in [5.41, 5.74) is 0. The largest absolute Gasteiger partial charge is 0.396 e. The van der Waals surface area contributed by atoms with Crippen LogP contribution in [0, 0.1) is 35.5 Å². The Bertz CT molecular complexity index is 533. The molecule has 2 nitrogen and oxygen atoms in total. The summed E-state index contributed by atoms with van der Waals surface area (Å²) in [5, 5.41) is 9.71. The lowest BCUT2D eigenvalue weighted by atomic mass is 9.72. The third-order valence-electron chi connectivity index (χ3n) is 5.67. The van der Waals surface area contributed by atoms with E-state index in [4.69, 9.17) is 4.74 Å². The maximum Gasteiger partial charge on any atom is 0.119 e. The summed E-state index contributed by atoms with van der Waals surface area (Å²) in [5.74, 6) is 1.60. The van der Waals surface area contributed by atoms with Gasteiger partial charge in [-0.3, -0.25) is 0 Å². The first-order valence-corrected chi connectivity index (χ1v) is 7.91. The third-order valence-corrected chi connectivity index (χ3v) is 5.67. The highest BCUT2D eigenvalue weighted by Gasteiger charge is 2.50. The van der Waals surface area contributed by atoms with Crippen molar-refractivity contribution in [2.75, 3.05) is 13.2 Å². The van der Waals surface area contributed by atoms with E-state index in [1.54, 1.807) is 12.2 Å². The van der Waals surface area contributed by atoms with Crippen LogP contribution in [-0.4, -0.2) is 24.4 Å². The summed E-state index contributed by atoms with van der Waals surface area (Å²) < 4.78 is 19.8. The molecule has 1 saturated carbocycles. The summed E-state index contributed by atoms with van der Waals surface area (Å²) in [6.45, 7) is 0.746. The molecule has 0 bridgehead atoms. The molecular formula is C18H21FO2. The number of aliphatic hydroxyl groups is 1. The second-order valence-corrected chi connectivity index (χ2v) is 6.72. The zero-order chi connectivity index (χ0) is 14.4. The smallest absolute Gasteiger partial charge is 0.119 e. The van der Waals surface area contributed by atoms with Crippen molar-refractivity contribution in [3.63, 3.8) is 0 Å². The van der Waals surface area contributed by atoms with E-state index in [-0.39, 0.29) is 36.3 Å². The molecular weight excluding hydrogens is 267 g/mol. The Morgan fingerprint density at radius 1 is 1.14 bits per heavy atom. The normalized spacial score (nSPS) is 47.3. The molecule has 3 aliphatic carbocycles. The average molecular weight is 288 g/mol. The molecule has 5 unspecified atom stereocenters. The monoisotopic (exact) mass is 288 g/mol. The van der Waals surface area contributed by atoms with E-state index in [0.29, 0.717) is 24.4 Å². The van der Waals surface area contributed by atoms with Crippen LogP contribution in [0.2, 0.25) is 0 Å². The van der Waals surface area contributed by atoms with Crippen molar-refractivity contribution in [1.29, 1.82) is 0 Å². The minimum Gasteiger partial charge on any atom is -0.396 e. The van der Waals surface area contributed by atoms with Crippen molar-refractivity contribution in [3.8, 4) is 0 Å². The second kappa shape index (κ2) is 5.22. The first-order chi connectivity index (χ1) is 10.3. The fourth-order valence-electron chi connectivity index (χ4n) is 4.72. The predicted molar refractivity (Wildman–Crippen MR) is 79.0 cm³/mol. The quantitative estimate of drug-likeness (QED) is 0.803. The maximum absolute atomic E-state index is 13.7. The maximum atomic E-state index is 13.7. The highest BCUT2D eigenvalue weighted by molar-refractivity contribution is 5.26. The molecule has 0 radical (unpaired) electrons. The zero-order valence-corrected chi connectivity index (χ0v) is 11.9. The van der Waals surface area contributed by atoms with Gasteiger partial charge in [-0.05, 0) is 42.2 Å². The van der Waals surface area contributed by atoms with Gasteiger partial charge in [-0.1, -0.05) is 30.4 Å². The van der Waals surface area contributed by atoms with E-state index in [2.05, 4.69) is 24.3 Å². The van der Waals surface area contributed by atoms with Gasteiger partial charge in [0.15, 0.2) is 0 Å². The Labute approximate surface area is 124 Å². The highest BCUT2D eigenvalue weighted by atomic mass is 19.1. The summed E-state index contributed by atoms with van der Waals surface area (Å²) in [4.78, 5) is 0. The first-order valence-electron chi connectivity index (χ1n) is 7.91. The van der Waals surface area contributed by atoms with Crippen LogP contribution in [0.15, 0.2) is 48.4 Å². The Morgan fingerprint density at radius 2 is 1.95 bits per heavy atom. The van der Waals surface area contributed by atoms with Crippen LogP contribution in [0.25, 0.3) is 0 Å². The summed E-state index contributed by atoms with van der Waals surface area (Å²) >= 11 is 0. The second-order valence-electron chi connectivity index (χ2n) is 6.72. The third kappa shape index (κ3) is 2.14. The van der Waals surface area contributed by atoms with Crippen molar-refractivity contribution >= 4 is 0 Å². The van der Waals surface area contributed by atoms with Gasteiger partial charge >= 0.3 is 0 Å². The molecule has 112 valence electrons. The molecule has 0 aromatic carbocycles. The van der Waals surface area contributed by atoms with Crippen molar-refractivity contribution in [2.24, 2.45) is 35.5 Å². The number of aliphatic hydroxyl groups excluding tert-OH is 1. The van der Waals surface area contributed by atoms with Crippen molar-refractivity contribution in [2.45, 2.75) is 12.5 Å². The lowest BCUT2D eigenvalue weighted by Gasteiger charge is -2.33. The predicted octanol–water partition coefficient (Wildman–Crippen LogP) is 3.03. The van der Waals surface area contributed by atoms with Gasteiger partial charge < -0.3 is 9.84 Å². The number of hydrogen-bond acceptors (Lipinski definition) is 2. The molecule has 21 heavy (non-hydrogen) atoms. The SMILES string of the molecule is OCC1CO[C@@H]2C3C=C(F)C=CC3CC3C=CC=CC3[C@@H]12. The lowest BCUT2D eigenvalue weighted by molar-refractivity contribution is 0.0428. The van der Waals surface area contributed by atoms with Gasteiger partial charge in [-0.15, -0.1) is 0 Å². The van der Waals surface area contributed by atoms with Crippen LogP contribution in [0.5, 0.6) is 0 Å². The minimum atomic E-state index is -0.151. The molecule has 0 aromatic heterocycles. The molecule has 1 N–H and O–H groups in total. The van der Waals surface area contributed by atoms with Crippen LogP contribution >= 0.6 is 0 Å². The topological polar surface area (TPSA) is 29.5 Å². The van der Waals surface area contributed by atoms with E-state index in [1.165, 1.54) is 0 Å². The summed E-state index contributed by atoms with van der Waals surface area (Å²) in [6, 6.07) is 0. The van der Waals surface area contributed by atoms with E-state index < -0.39 is 0 Å². The summed E-state index contributed by atoms with van der Waals surface area (Å²) in [7, 11) is 0. The highest BCUT2D eigenvalue weighted by Crippen LogP contribution is 2.50. The van der Waals surface area contributed by atoms with E-state index in [1.807, 2.05) is 6.08 Å². The van der Waals surface area contributed by atoms with Gasteiger partial charge in [0.1, 0.15) is 5.83 Å². The molecule has 0 spiro atoms.